The molecule has 0 aliphatic rings. The van der Waals surface area contributed by atoms with E-state index < -0.39 is 17.1 Å². The molecule has 51 heavy (non-hydrogen) atoms. The molecule has 0 aliphatic carbocycles. The van der Waals surface area contributed by atoms with Crippen LogP contribution in [0.1, 0.15) is 36.2 Å². The number of methoxy groups -OCH3 is 2. The molecule has 0 saturated carbocycles. The van der Waals surface area contributed by atoms with E-state index in [1.54, 1.807) is 66.7 Å². The van der Waals surface area contributed by atoms with Gasteiger partial charge in [-0.25, -0.2) is 4.98 Å². The van der Waals surface area contributed by atoms with E-state index in [1.165, 1.54) is 43.4 Å². The number of ether oxygens (including phenoxy) is 3. The summed E-state index contributed by atoms with van der Waals surface area (Å²) < 4.78 is 16.4. The van der Waals surface area contributed by atoms with Gasteiger partial charge >= 0.3 is 0 Å². The van der Waals surface area contributed by atoms with Gasteiger partial charge in [0.2, 0.25) is 5.91 Å². The van der Waals surface area contributed by atoms with Gasteiger partial charge in [0.1, 0.15) is 22.9 Å². The van der Waals surface area contributed by atoms with E-state index in [0.717, 1.165) is 21.9 Å². The highest BCUT2D eigenvalue weighted by Crippen LogP contribution is 2.31. The third-order valence-electron chi connectivity index (χ3n) is 7.49. The molecule has 1 atom stereocenters. The van der Waals surface area contributed by atoms with Crippen LogP contribution in [-0.2, 0) is 9.59 Å². The number of hydrogen-bond donors (Lipinski definition) is 3. The Balaban J connectivity index is 1.29. The van der Waals surface area contributed by atoms with Gasteiger partial charge in [0.05, 0.1) is 31.8 Å². The minimum absolute atomic E-state index is 0.00710. The Hall–Kier alpha value is -5.59. The van der Waals surface area contributed by atoms with Crippen molar-refractivity contribution >= 4 is 57.7 Å². The number of thioether (sulfide) groups is 1. The minimum atomic E-state index is -0.553. The molecule has 10 nitrogen and oxygen atoms in total. The number of carbonyl (C=O) groups excluding carboxylic acids is 3. The lowest BCUT2D eigenvalue weighted by atomic mass is 10.1. The maximum absolute atomic E-state index is 13.7. The van der Waals surface area contributed by atoms with E-state index in [9.17, 15) is 14.4 Å². The molecule has 0 fully saturated rings. The van der Waals surface area contributed by atoms with Crippen molar-refractivity contribution in [3.63, 3.8) is 0 Å². The summed E-state index contributed by atoms with van der Waals surface area (Å²) in [4.78, 5) is 45.6. The molecule has 0 bridgehead atoms. The molecule has 12 heteroatoms. The van der Waals surface area contributed by atoms with E-state index in [0.29, 0.717) is 46.5 Å². The molecule has 4 aromatic carbocycles. The first-order chi connectivity index (χ1) is 24.8. The van der Waals surface area contributed by atoms with Crippen LogP contribution in [-0.4, -0.2) is 48.8 Å². The number of hydrogen-bond acceptors (Lipinski definition) is 9. The molecule has 5 rings (SSSR count). The Labute approximate surface area is 305 Å². The normalized spacial score (nSPS) is 11.6. The van der Waals surface area contributed by atoms with Gasteiger partial charge in [-0.2, -0.15) is 0 Å². The van der Waals surface area contributed by atoms with Crippen molar-refractivity contribution in [1.82, 2.24) is 10.3 Å². The van der Waals surface area contributed by atoms with Gasteiger partial charge in [-0.05, 0) is 92.2 Å². The molecular weight excluding hydrogens is 685 g/mol. The van der Waals surface area contributed by atoms with Gasteiger partial charge < -0.3 is 30.2 Å². The Morgan fingerprint density at radius 2 is 1.63 bits per heavy atom. The third kappa shape index (κ3) is 9.99. The van der Waals surface area contributed by atoms with Crippen LogP contribution in [0.4, 0.5) is 10.8 Å². The fourth-order valence-corrected chi connectivity index (χ4v) is 6.66. The molecule has 1 unspecified atom stereocenters. The summed E-state index contributed by atoms with van der Waals surface area (Å²) in [5, 5.41) is 10.6. The molecule has 1 heterocycles. The fraction of sp³-hybridized carbons (Fsp3) is 0.179. The zero-order valence-corrected chi connectivity index (χ0v) is 30.2. The summed E-state index contributed by atoms with van der Waals surface area (Å²) in [6.45, 7) is 4.47. The number of nitrogens with one attached hydrogen (secondary N) is 3. The zero-order chi connectivity index (χ0) is 36.2. The summed E-state index contributed by atoms with van der Waals surface area (Å²) in [5.41, 5.74) is 3.09. The molecule has 5 aromatic rings. The monoisotopic (exact) mass is 722 g/mol. The zero-order valence-electron chi connectivity index (χ0n) is 28.6. The molecule has 0 saturated heterocycles. The minimum Gasteiger partial charge on any atom is -0.497 e. The highest BCUT2D eigenvalue weighted by molar-refractivity contribution is 8.00. The van der Waals surface area contributed by atoms with Crippen molar-refractivity contribution in [3.05, 3.63) is 119 Å². The van der Waals surface area contributed by atoms with E-state index in [1.807, 2.05) is 49.6 Å². The SMILES string of the molecule is CCOc1ccc(-c2csc(NC(=O)C(CC)Sc3cccc(NC(=O)/C(=C\c4cc(OC)ccc4OC)NC(=O)c4ccccc4)c3)n2)cc1. The Morgan fingerprint density at radius 3 is 2.33 bits per heavy atom. The topological polar surface area (TPSA) is 128 Å². The van der Waals surface area contributed by atoms with E-state index in [-0.39, 0.29) is 11.6 Å². The lowest BCUT2D eigenvalue weighted by Crippen LogP contribution is -2.30. The van der Waals surface area contributed by atoms with Crippen LogP contribution in [0.2, 0.25) is 0 Å². The number of benzene rings is 4. The van der Waals surface area contributed by atoms with Crippen LogP contribution in [0.15, 0.2) is 113 Å². The highest BCUT2D eigenvalue weighted by atomic mass is 32.2. The van der Waals surface area contributed by atoms with Gasteiger partial charge in [-0.3, -0.25) is 14.4 Å². The van der Waals surface area contributed by atoms with Gasteiger partial charge in [0.25, 0.3) is 11.8 Å². The van der Waals surface area contributed by atoms with Crippen LogP contribution in [0.5, 0.6) is 17.2 Å². The molecule has 1 aromatic heterocycles. The van der Waals surface area contributed by atoms with E-state index in [4.69, 9.17) is 14.2 Å². The predicted molar refractivity (Wildman–Crippen MR) is 204 cm³/mol. The number of amides is 3. The Morgan fingerprint density at radius 1 is 0.863 bits per heavy atom. The van der Waals surface area contributed by atoms with Crippen molar-refractivity contribution in [3.8, 4) is 28.5 Å². The molecule has 262 valence electrons. The van der Waals surface area contributed by atoms with Crippen LogP contribution >= 0.6 is 23.1 Å². The number of carbonyl (C=O) groups is 3. The van der Waals surface area contributed by atoms with Gasteiger partial charge in [0.15, 0.2) is 5.13 Å². The highest BCUT2D eigenvalue weighted by Gasteiger charge is 2.21. The maximum atomic E-state index is 13.7. The lowest BCUT2D eigenvalue weighted by Gasteiger charge is -2.15. The second-order valence-corrected chi connectivity index (χ2v) is 13.1. The van der Waals surface area contributed by atoms with Gasteiger partial charge in [0, 0.05) is 32.7 Å². The summed E-state index contributed by atoms with van der Waals surface area (Å²) in [6.07, 6.45) is 2.10. The lowest BCUT2D eigenvalue weighted by molar-refractivity contribution is -0.116. The number of nitrogens with zero attached hydrogens (tertiary/aromatic N) is 1. The van der Waals surface area contributed by atoms with Gasteiger partial charge in [-0.1, -0.05) is 31.2 Å². The molecule has 0 radical (unpaired) electrons. The molecule has 0 aliphatic heterocycles. The quantitative estimate of drug-likeness (QED) is 0.0730. The number of aromatic nitrogens is 1. The first-order valence-electron chi connectivity index (χ1n) is 16.2. The van der Waals surface area contributed by atoms with Gasteiger partial charge in [-0.15, -0.1) is 23.1 Å². The molecule has 3 amide bonds. The van der Waals surface area contributed by atoms with Crippen molar-refractivity contribution < 1.29 is 28.6 Å². The standard InChI is InChI=1S/C39H38N4O6S2/c1-5-35(38(46)43-39-42-33(24-50-39)25-15-17-29(18-16-25)49-6-2)51-31-14-10-13-28(23-31)40-37(45)32(41-36(44)26-11-8-7-9-12-26)22-27-21-30(47-3)19-20-34(27)48-4/h7-24,35H,5-6H2,1-4H3,(H,40,45)(H,41,44)(H,42,43,46)/b32-22+. The Kier molecular flexibility index (Phi) is 12.9. The van der Waals surface area contributed by atoms with E-state index >= 15 is 0 Å². The average molecular weight is 723 g/mol. The number of thiazole rings is 1. The second-order valence-electron chi connectivity index (χ2n) is 11.0. The number of rotatable bonds is 15. The largest absolute Gasteiger partial charge is 0.497 e. The second kappa shape index (κ2) is 17.9. The fourth-order valence-electron chi connectivity index (χ4n) is 4.92. The van der Waals surface area contributed by atoms with Crippen molar-refractivity contribution in [2.75, 3.05) is 31.5 Å². The van der Waals surface area contributed by atoms with Crippen LogP contribution < -0.4 is 30.2 Å². The van der Waals surface area contributed by atoms with Crippen LogP contribution in [0, 0.1) is 0 Å². The molecule has 0 spiro atoms. The summed E-state index contributed by atoms with van der Waals surface area (Å²) in [5.74, 6) is 0.651. The predicted octanol–water partition coefficient (Wildman–Crippen LogP) is 8.15. The first-order valence-corrected chi connectivity index (χ1v) is 17.9. The van der Waals surface area contributed by atoms with Crippen molar-refractivity contribution in [2.45, 2.75) is 30.4 Å². The Bertz CT molecular complexity index is 2000. The summed E-state index contributed by atoms with van der Waals surface area (Å²) in [6, 6.07) is 28.6. The van der Waals surface area contributed by atoms with Crippen LogP contribution in [0.25, 0.3) is 17.3 Å². The average Bonchev–Trinajstić information content (AvgIpc) is 3.62. The smallest absolute Gasteiger partial charge is 0.272 e. The number of anilines is 2. The van der Waals surface area contributed by atoms with Crippen molar-refractivity contribution in [2.24, 2.45) is 0 Å². The van der Waals surface area contributed by atoms with E-state index in [2.05, 4.69) is 20.9 Å². The summed E-state index contributed by atoms with van der Waals surface area (Å²) in [7, 11) is 3.06. The van der Waals surface area contributed by atoms with Crippen molar-refractivity contribution in [1.29, 1.82) is 0 Å². The van der Waals surface area contributed by atoms with Crippen LogP contribution in [0.3, 0.4) is 0 Å². The maximum Gasteiger partial charge on any atom is 0.272 e. The third-order valence-corrected chi connectivity index (χ3v) is 9.61. The first kappa shape index (κ1) is 36.7. The molecular formula is C39H38N4O6S2. The molecule has 3 N–H and O–H groups in total. The summed E-state index contributed by atoms with van der Waals surface area (Å²) >= 11 is 2.74.